The maximum Gasteiger partial charge on any atom is 0.255 e. The number of anilines is 1. The Morgan fingerprint density at radius 2 is 1.95 bits per heavy atom. The molecule has 0 spiro atoms. The third-order valence-electron chi connectivity index (χ3n) is 3.35. The molecule has 1 amide bonds. The number of hydrogen-bond acceptors (Lipinski definition) is 3. The van der Waals surface area contributed by atoms with Gasteiger partial charge in [-0.25, -0.2) is 0 Å². The second-order valence-electron chi connectivity index (χ2n) is 4.80. The Labute approximate surface area is 125 Å². The van der Waals surface area contributed by atoms with Crippen molar-refractivity contribution in [3.05, 3.63) is 59.9 Å². The van der Waals surface area contributed by atoms with Gasteiger partial charge in [0.2, 0.25) is 0 Å². The molecule has 1 aromatic carbocycles. The van der Waals surface area contributed by atoms with Crippen molar-refractivity contribution >= 4 is 11.6 Å². The van der Waals surface area contributed by atoms with Crippen molar-refractivity contribution in [1.82, 2.24) is 10.3 Å². The van der Waals surface area contributed by atoms with E-state index in [1.54, 1.807) is 12.4 Å². The topological polar surface area (TPSA) is 54.0 Å². The molecule has 4 heteroatoms. The highest BCUT2D eigenvalue weighted by atomic mass is 16.1. The molecule has 2 rings (SSSR count). The Bertz CT molecular complexity index is 584. The van der Waals surface area contributed by atoms with E-state index in [4.69, 9.17) is 0 Å². The molecule has 21 heavy (non-hydrogen) atoms. The number of pyridine rings is 1. The maximum absolute atomic E-state index is 12.5. The van der Waals surface area contributed by atoms with Crippen molar-refractivity contribution in [2.75, 3.05) is 11.9 Å². The molecule has 0 saturated heterocycles. The fourth-order valence-electron chi connectivity index (χ4n) is 2.26. The van der Waals surface area contributed by atoms with Crippen LogP contribution in [0.15, 0.2) is 48.8 Å². The number of nitrogens with one attached hydrogen (secondary N) is 2. The van der Waals surface area contributed by atoms with Crippen LogP contribution in [0.4, 0.5) is 5.69 Å². The number of benzene rings is 1. The summed E-state index contributed by atoms with van der Waals surface area (Å²) in [5, 5.41) is 6.27. The molecule has 110 valence electrons. The lowest BCUT2D eigenvalue weighted by atomic mass is 10.0. The number of hydrogen-bond donors (Lipinski definition) is 2. The number of rotatable bonds is 6. The summed E-state index contributed by atoms with van der Waals surface area (Å²) in [5.74, 6) is -0.102. The van der Waals surface area contributed by atoms with Crippen LogP contribution in [-0.2, 0) is 0 Å². The van der Waals surface area contributed by atoms with E-state index < -0.39 is 0 Å². The Morgan fingerprint density at radius 1 is 1.19 bits per heavy atom. The van der Waals surface area contributed by atoms with Crippen molar-refractivity contribution < 1.29 is 4.79 Å². The van der Waals surface area contributed by atoms with Gasteiger partial charge >= 0.3 is 0 Å². The van der Waals surface area contributed by atoms with Gasteiger partial charge in [0.25, 0.3) is 5.91 Å². The number of carbonyl (C=O) groups excluding carboxylic acids is 1. The quantitative estimate of drug-likeness (QED) is 0.854. The van der Waals surface area contributed by atoms with Crippen LogP contribution in [-0.4, -0.2) is 17.4 Å². The molecule has 4 nitrogen and oxygen atoms in total. The minimum atomic E-state index is -0.102. The molecule has 0 aliphatic heterocycles. The summed E-state index contributed by atoms with van der Waals surface area (Å²) in [4.78, 5) is 16.5. The molecule has 2 N–H and O–H groups in total. The molecule has 0 aliphatic rings. The molecule has 0 fully saturated rings. The molecular weight excluding hydrogens is 262 g/mol. The van der Waals surface area contributed by atoms with Gasteiger partial charge in [0, 0.05) is 18.9 Å². The van der Waals surface area contributed by atoms with E-state index in [-0.39, 0.29) is 11.9 Å². The lowest BCUT2D eigenvalue weighted by Gasteiger charge is -2.18. The van der Waals surface area contributed by atoms with E-state index in [0.717, 1.165) is 24.2 Å². The predicted molar refractivity (Wildman–Crippen MR) is 85.3 cm³/mol. The third kappa shape index (κ3) is 3.81. The van der Waals surface area contributed by atoms with E-state index >= 15 is 0 Å². The number of aromatic nitrogens is 1. The largest absolute Gasteiger partial charge is 0.385 e. The molecule has 2 aromatic rings. The van der Waals surface area contributed by atoms with Gasteiger partial charge in [-0.1, -0.05) is 37.3 Å². The predicted octanol–water partition coefficient (Wildman–Crippen LogP) is 3.39. The molecule has 1 unspecified atom stereocenters. The van der Waals surface area contributed by atoms with Crippen LogP contribution in [0.5, 0.6) is 0 Å². The van der Waals surface area contributed by atoms with E-state index in [0.29, 0.717) is 5.56 Å². The van der Waals surface area contributed by atoms with Crippen LogP contribution in [0.2, 0.25) is 0 Å². The van der Waals surface area contributed by atoms with E-state index in [9.17, 15) is 4.79 Å². The first-order valence-corrected chi connectivity index (χ1v) is 7.30. The fraction of sp³-hybridized carbons (Fsp3) is 0.294. The van der Waals surface area contributed by atoms with Crippen molar-refractivity contribution in [1.29, 1.82) is 0 Å². The summed E-state index contributed by atoms with van der Waals surface area (Å²) in [5.41, 5.74) is 2.50. The Morgan fingerprint density at radius 3 is 2.62 bits per heavy atom. The van der Waals surface area contributed by atoms with Crippen molar-refractivity contribution in [2.24, 2.45) is 0 Å². The minimum absolute atomic E-state index is 0.00776. The first kappa shape index (κ1) is 15.0. The first-order chi connectivity index (χ1) is 10.3. The lowest BCUT2D eigenvalue weighted by Crippen LogP contribution is -2.29. The summed E-state index contributed by atoms with van der Waals surface area (Å²) in [6.45, 7) is 4.83. The molecular formula is C17H21N3O. The number of nitrogens with zero attached hydrogens (tertiary/aromatic N) is 1. The van der Waals surface area contributed by atoms with Gasteiger partial charge in [-0.05, 0) is 25.0 Å². The minimum Gasteiger partial charge on any atom is -0.385 e. The van der Waals surface area contributed by atoms with Gasteiger partial charge in [-0.3, -0.25) is 9.78 Å². The van der Waals surface area contributed by atoms with Gasteiger partial charge in [-0.2, -0.15) is 0 Å². The van der Waals surface area contributed by atoms with Crippen LogP contribution in [0, 0.1) is 0 Å². The normalized spacial score (nSPS) is 11.7. The average Bonchev–Trinajstić information content (AvgIpc) is 2.54. The number of carbonyl (C=O) groups is 1. The van der Waals surface area contributed by atoms with Crippen molar-refractivity contribution in [3.63, 3.8) is 0 Å². The van der Waals surface area contributed by atoms with E-state index in [2.05, 4.69) is 22.5 Å². The first-order valence-electron chi connectivity index (χ1n) is 7.30. The molecule has 0 bridgehead atoms. The lowest BCUT2D eigenvalue weighted by molar-refractivity contribution is 0.0936. The van der Waals surface area contributed by atoms with E-state index in [1.807, 2.05) is 43.3 Å². The zero-order valence-electron chi connectivity index (χ0n) is 12.5. The summed E-state index contributed by atoms with van der Waals surface area (Å²) in [7, 11) is 0. The smallest absolute Gasteiger partial charge is 0.255 e. The highest BCUT2D eigenvalue weighted by Crippen LogP contribution is 2.19. The SMILES string of the molecule is CCNc1ccncc1C(=O)NC(CC)c1ccccc1. The Kier molecular flexibility index (Phi) is 5.32. The van der Waals surface area contributed by atoms with Crippen molar-refractivity contribution in [2.45, 2.75) is 26.3 Å². The van der Waals surface area contributed by atoms with Gasteiger partial charge in [0.1, 0.15) is 0 Å². The highest BCUT2D eigenvalue weighted by Gasteiger charge is 2.16. The fourth-order valence-corrected chi connectivity index (χ4v) is 2.26. The van der Waals surface area contributed by atoms with Crippen molar-refractivity contribution in [3.8, 4) is 0 Å². The zero-order valence-corrected chi connectivity index (χ0v) is 12.5. The van der Waals surface area contributed by atoms with E-state index in [1.165, 1.54) is 0 Å². The summed E-state index contributed by atoms with van der Waals surface area (Å²) in [6.07, 6.45) is 4.13. The van der Waals surface area contributed by atoms with Gasteiger partial charge < -0.3 is 10.6 Å². The zero-order chi connectivity index (χ0) is 15.1. The van der Waals surface area contributed by atoms with Gasteiger partial charge in [-0.15, -0.1) is 0 Å². The summed E-state index contributed by atoms with van der Waals surface area (Å²) in [6, 6.07) is 11.8. The van der Waals surface area contributed by atoms with Gasteiger partial charge in [0.15, 0.2) is 0 Å². The highest BCUT2D eigenvalue weighted by molar-refractivity contribution is 5.99. The molecule has 0 radical (unpaired) electrons. The van der Waals surface area contributed by atoms with Crippen LogP contribution in [0.1, 0.15) is 42.2 Å². The molecule has 1 aromatic heterocycles. The standard InChI is InChI=1S/C17H21N3O/c1-3-15(13-8-6-5-7-9-13)20-17(21)14-12-18-11-10-16(14)19-4-2/h5-12,15H,3-4H2,1-2H3,(H,18,19)(H,20,21). The summed E-state index contributed by atoms with van der Waals surface area (Å²) >= 11 is 0. The second kappa shape index (κ2) is 7.43. The molecule has 0 aliphatic carbocycles. The average molecular weight is 283 g/mol. The monoisotopic (exact) mass is 283 g/mol. The molecule has 0 saturated carbocycles. The Hall–Kier alpha value is -2.36. The third-order valence-corrected chi connectivity index (χ3v) is 3.35. The van der Waals surface area contributed by atoms with Crippen LogP contribution < -0.4 is 10.6 Å². The molecule has 1 atom stereocenters. The Balaban J connectivity index is 2.17. The number of amides is 1. The maximum atomic E-state index is 12.5. The van der Waals surface area contributed by atoms with Crippen LogP contribution in [0.3, 0.4) is 0 Å². The van der Waals surface area contributed by atoms with Crippen LogP contribution in [0.25, 0.3) is 0 Å². The molecule has 1 heterocycles. The summed E-state index contributed by atoms with van der Waals surface area (Å²) < 4.78 is 0. The van der Waals surface area contributed by atoms with Gasteiger partial charge in [0.05, 0.1) is 17.3 Å². The second-order valence-corrected chi connectivity index (χ2v) is 4.80. The van der Waals surface area contributed by atoms with Crippen LogP contribution >= 0.6 is 0 Å².